The summed E-state index contributed by atoms with van der Waals surface area (Å²) in [6.07, 6.45) is 0.987. The molecule has 0 spiro atoms. The van der Waals surface area contributed by atoms with Gasteiger partial charge in [-0.2, -0.15) is 0 Å². The monoisotopic (exact) mass is 646 g/mol. The second kappa shape index (κ2) is 7.69. The van der Waals surface area contributed by atoms with Crippen molar-refractivity contribution >= 4 is 70.7 Å². The number of pyridine rings is 1. The van der Waals surface area contributed by atoms with Gasteiger partial charge >= 0.3 is 208 Å². The van der Waals surface area contributed by atoms with Crippen LogP contribution >= 0.6 is 42.7 Å². The fourth-order valence-electron chi connectivity index (χ4n) is 4.47. The van der Waals surface area contributed by atoms with Gasteiger partial charge in [0.2, 0.25) is 0 Å². The number of ketones is 1. The number of benzene rings is 3. The Hall–Kier alpha value is -2.20. The Morgan fingerprint density at radius 2 is 1.72 bits per heavy atom. The number of hydrogen-bond donors (Lipinski definition) is 1. The Labute approximate surface area is 206 Å². The SMILES string of the molecule is CCc1ccc(Nc2ccc3c4c(cc(=O)n3I3CC3I)-c3ccccc3C(=O)c24)cc1. The van der Waals surface area contributed by atoms with Gasteiger partial charge in [-0.25, -0.2) is 0 Å². The summed E-state index contributed by atoms with van der Waals surface area (Å²) in [6, 6.07) is 21.7. The third-order valence-electron chi connectivity index (χ3n) is 6.12. The van der Waals surface area contributed by atoms with E-state index in [1.165, 1.54) is 5.56 Å². The molecule has 32 heavy (non-hydrogen) atoms. The van der Waals surface area contributed by atoms with Crippen molar-refractivity contribution in [2.24, 2.45) is 0 Å². The molecule has 0 amide bonds. The maximum absolute atomic E-state index is 13.7. The number of aryl methyl sites for hydroxylation is 1. The van der Waals surface area contributed by atoms with Crippen LogP contribution in [0.1, 0.15) is 28.4 Å². The molecule has 6 heteroatoms. The molecule has 1 aliphatic carbocycles. The fourth-order valence-corrected chi connectivity index (χ4v) is 12.5. The zero-order valence-electron chi connectivity index (χ0n) is 17.4. The zero-order valence-corrected chi connectivity index (χ0v) is 21.7. The van der Waals surface area contributed by atoms with E-state index in [-0.39, 0.29) is 11.3 Å². The Morgan fingerprint density at radius 3 is 2.41 bits per heavy atom. The van der Waals surface area contributed by atoms with E-state index in [0.29, 0.717) is 13.1 Å². The molecule has 6 rings (SSSR count). The van der Waals surface area contributed by atoms with Gasteiger partial charge in [0.1, 0.15) is 0 Å². The third kappa shape index (κ3) is 3.14. The first-order valence-electron chi connectivity index (χ1n) is 10.6. The van der Waals surface area contributed by atoms with Crippen molar-refractivity contribution < 1.29 is 4.79 Å². The van der Waals surface area contributed by atoms with Crippen LogP contribution in [-0.2, 0) is 6.42 Å². The van der Waals surface area contributed by atoms with Crippen molar-refractivity contribution in [2.75, 3.05) is 9.74 Å². The van der Waals surface area contributed by atoms with E-state index in [4.69, 9.17) is 0 Å². The minimum absolute atomic E-state index is 0.0159. The van der Waals surface area contributed by atoms with E-state index in [2.05, 4.69) is 59.1 Å². The van der Waals surface area contributed by atoms with Gasteiger partial charge in [0.15, 0.2) is 0 Å². The van der Waals surface area contributed by atoms with Crippen molar-refractivity contribution in [1.29, 1.82) is 0 Å². The molecule has 1 aromatic heterocycles. The van der Waals surface area contributed by atoms with Gasteiger partial charge in [-0.3, -0.25) is 0 Å². The van der Waals surface area contributed by atoms with Gasteiger partial charge in [0.25, 0.3) is 0 Å². The van der Waals surface area contributed by atoms with Crippen molar-refractivity contribution in [3.63, 3.8) is 0 Å². The molecule has 2 aliphatic rings. The van der Waals surface area contributed by atoms with Crippen LogP contribution in [0.3, 0.4) is 0 Å². The normalized spacial score (nSPS) is 17.4. The molecule has 0 saturated carbocycles. The number of nitrogens with zero attached hydrogens (tertiary/aromatic N) is 1. The Morgan fingerprint density at radius 1 is 1.00 bits per heavy atom. The molecule has 4 aromatic rings. The first kappa shape index (κ1) is 20.4. The second-order valence-corrected chi connectivity index (χ2v) is 17.4. The van der Waals surface area contributed by atoms with Crippen molar-refractivity contribution in [3.8, 4) is 11.1 Å². The van der Waals surface area contributed by atoms with E-state index >= 15 is 0 Å². The summed E-state index contributed by atoms with van der Waals surface area (Å²) in [7, 11) is 0. The van der Waals surface area contributed by atoms with Crippen LogP contribution < -0.4 is 10.9 Å². The molecule has 160 valence electrons. The molecule has 1 atom stereocenters. The van der Waals surface area contributed by atoms with E-state index in [9.17, 15) is 9.59 Å². The summed E-state index contributed by atoms with van der Waals surface area (Å²) >= 11 is 0.945. The average molecular weight is 646 g/mol. The summed E-state index contributed by atoms with van der Waals surface area (Å²) in [5.74, 6) is 0.0159. The molecular weight excluding hydrogens is 626 g/mol. The summed E-state index contributed by atoms with van der Waals surface area (Å²) in [5.41, 5.74) is 7.06. The number of carbonyl (C=O) groups excluding carboxylic acids is 1. The first-order valence-corrected chi connectivity index (χ1v) is 15.6. The topological polar surface area (TPSA) is 51.1 Å². The molecule has 1 unspecified atom stereocenters. The zero-order chi connectivity index (χ0) is 22.0. The van der Waals surface area contributed by atoms with Crippen LogP contribution in [0, 0.1) is 0 Å². The number of anilines is 2. The number of carbonyl (C=O) groups is 1. The Kier molecular flexibility index (Phi) is 4.90. The molecule has 1 saturated heterocycles. The second-order valence-electron chi connectivity index (χ2n) is 8.03. The van der Waals surface area contributed by atoms with E-state index < -0.39 is 20.1 Å². The van der Waals surface area contributed by atoms with Crippen LogP contribution in [0.5, 0.6) is 0 Å². The molecule has 3 aromatic carbocycles. The van der Waals surface area contributed by atoms with Crippen molar-refractivity contribution in [3.05, 3.63) is 93.8 Å². The standard InChI is InChI=1S/C26H20I2N2O2/c1-2-15-7-9-16(10-8-15)29-20-11-12-21-24-19(13-23(31)30(21)28-14-22(28)27)17-5-3-4-6-18(17)26(32)25(20)24/h3-13,22,29H,2,14H2,1H3. The summed E-state index contributed by atoms with van der Waals surface area (Å²) in [4.78, 5) is 26.9. The van der Waals surface area contributed by atoms with E-state index in [1.54, 1.807) is 6.07 Å². The number of nitrogens with one attached hydrogen (secondary N) is 1. The number of fused-ring (bicyclic) bond motifs is 2. The molecular formula is C26H20I2N2O2. The predicted octanol–water partition coefficient (Wildman–Crippen LogP) is 6.56. The number of hydrogen-bond acceptors (Lipinski definition) is 3. The van der Waals surface area contributed by atoms with Gasteiger partial charge < -0.3 is 0 Å². The third-order valence-corrected chi connectivity index (χ3v) is 16.8. The summed E-state index contributed by atoms with van der Waals surface area (Å²) in [5, 5.41) is 4.39. The van der Waals surface area contributed by atoms with Crippen LogP contribution in [0.25, 0.3) is 22.0 Å². The quantitative estimate of drug-likeness (QED) is 0.178. The summed E-state index contributed by atoms with van der Waals surface area (Å²) < 4.78 is 3.79. The van der Waals surface area contributed by atoms with E-state index in [1.807, 2.05) is 39.2 Å². The van der Waals surface area contributed by atoms with Gasteiger partial charge in [0.05, 0.1) is 0 Å². The van der Waals surface area contributed by atoms with Gasteiger partial charge in [-0.1, -0.05) is 0 Å². The Bertz CT molecular complexity index is 1470. The average Bonchev–Trinajstić information content (AvgIpc) is 3.53. The predicted molar refractivity (Wildman–Crippen MR) is 148 cm³/mol. The number of aromatic nitrogens is 1. The van der Waals surface area contributed by atoms with Crippen LogP contribution in [0.15, 0.2) is 71.5 Å². The number of alkyl halides is 3. The minimum atomic E-state index is -1.53. The molecule has 0 bridgehead atoms. The molecule has 1 N–H and O–H groups in total. The molecule has 2 heterocycles. The van der Waals surface area contributed by atoms with Gasteiger partial charge in [-0.05, 0) is 0 Å². The van der Waals surface area contributed by atoms with Crippen LogP contribution in [-0.4, -0.2) is 14.9 Å². The fraction of sp³-hybridized carbons (Fsp3) is 0.154. The Balaban J connectivity index is 1.63. The van der Waals surface area contributed by atoms with Gasteiger partial charge in [-0.15, -0.1) is 0 Å². The summed E-state index contributed by atoms with van der Waals surface area (Å²) in [6.45, 7) is 2.14. The van der Waals surface area contributed by atoms with E-state index in [0.717, 1.165) is 44.3 Å². The number of halogens is 2. The van der Waals surface area contributed by atoms with Crippen molar-refractivity contribution in [1.82, 2.24) is 2.78 Å². The van der Waals surface area contributed by atoms with Crippen LogP contribution in [0.2, 0.25) is 0 Å². The van der Waals surface area contributed by atoms with Crippen LogP contribution in [0.4, 0.5) is 11.4 Å². The first-order chi connectivity index (χ1) is 15.6. The molecule has 0 radical (unpaired) electrons. The maximum atomic E-state index is 13.7. The molecule has 1 fully saturated rings. The molecule has 4 nitrogen and oxygen atoms in total. The van der Waals surface area contributed by atoms with Crippen molar-refractivity contribution in [2.45, 2.75) is 15.3 Å². The molecule has 1 aliphatic heterocycles. The number of rotatable bonds is 4. The van der Waals surface area contributed by atoms with Gasteiger partial charge in [0, 0.05) is 0 Å².